The predicted molar refractivity (Wildman–Crippen MR) is 78.4 cm³/mol. The third-order valence-electron chi connectivity index (χ3n) is 3.42. The molecule has 0 aromatic heterocycles. The number of benzene rings is 1. The van der Waals surface area contributed by atoms with Crippen LogP contribution < -0.4 is 15.4 Å². The van der Waals surface area contributed by atoms with Crippen LogP contribution in [0.4, 0.5) is 11.4 Å². The van der Waals surface area contributed by atoms with Crippen molar-refractivity contribution in [2.75, 3.05) is 25.0 Å². The Bertz CT molecular complexity index is 459. The van der Waals surface area contributed by atoms with Gasteiger partial charge < -0.3 is 15.4 Å². The molecule has 0 saturated carbocycles. The van der Waals surface area contributed by atoms with Crippen LogP contribution in [0.1, 0.15) is 26.2 Å². The lowest BCUT2D eigenvalue weighted by Crippen LogP contribution is -2.39. The van der Waals surface area contributed by atoms with Gasteiger partial charge in [-0.2, -0.15) is 0 Å². The van der Waals surface area contributed by atoms with E-state index >= 15 is 0 Å². The summed E-state index contributed by atoms with van der Waals surface area (Å²) in [5.74, 6) is 0.319. The lowest BCUT2D eigenvalue weighted by Gasteiger charge is -2.24. The highest BCUT2D eigenvalue weighted by Gasteiger charge is 2.16. The summed E-state index contributed by atoms with van der Waals surface area (Å²) in [7, 11) is 0. The Morgan fingerprint density at radius 1 is 1.50 bits per heavy atom. The van der Waals surface area contributed by atoms with E-state index in [1.807, 2.05) is 6.92 Å². The maximum absolute atomic E-state index is 10.9. The van der Waals surface area contributed by atoms with Crippen molar-refractivity contribution in [3.8, 4) is 5.75 Å². The normalized spacial score (nSPS) is 18.6. The van der Waals surface area contributed by atoms with E-state index in [2.05, 4.69) is 10.6 Å². The zero-order valence-electron chi connectivity index (χ0n) is 11.7. The third-order valence-corrected chi connectivity index (χ3v) is 3.42. The van der Waals surface area contributed by atoms with Gasteiger partial charge in [0.15, 0.2) is 5.75 Å². The van der Waals surface area contributed by atoms with E-state index in [4.69, 9.17) is 4.74 Å². The van der Waals surface area contributed by atoms with E-state index in [9.17, 15) is 10.1 Å². The second-order valence-electron chi connectivity index (χ2n) is 4.90. The van der Waals surface area contributed by atoms with Gasteiger partial charge in [0, 0.05) is 30.4 Å². The second-order valence-corrected chi connectivity index (χ2v) is 4.90. The Kier molecular flexibility index (Phi) is 5.17. The number of nitrogens with zero attached hydrogens (tertiary/aromatic N) is 1. The summed E-state index contributed by atoms with van der Waals surface area (Å²) in [6.45, 7) is 4.12. The van der Waals surface area contributed by atoms with Gasteiger partial charge in [-0.05, 0) is 32.4 Å². The molecule has 0 radical (unpaired) electrons. The average molecular weight is 279 g/mol. The summed E-state index contributed by atoms with van der Waals surface area (Å²) >= 11 is 0. The van der Waals surface area contributed by atoms with Crippen LogP contribution >= 0.6 is 0 Å². The first-order valence-corrected chi connectivity index (χ1v) is 7.09. The quantitative estimate of drug-likeness (QED) is 0.618. The fourth-order valence-corrected chi connectivity index (χ4v) is 2.39. The number of piperidine rings is 1. The number of hydrogen-bond donors (Lipinski definition) is 2. The first-order chi connectivity index (χ1) is 9.70. The highest BCUT2D eigenvalue weighted by molar-refractivity contribution is 5.58. The van der Waals surface area contributed by atoms with E-state index in [0.29, 0.717) is 18.4 Å². The van der Waals surface area contributed by atoms with Crippen LogP contribution in [0, 0.1) is 10.1 Å². The van der Waals surface area contributed by atoms with Crippen LogP contribution in [0.3, 0.4) is 0 Å². The summed E-state index contributed by atoms with van der Waals surface area (Å²) < 4.78 is 5.33. The van der Waals surface area contributed by atoms with E-state index in [-0.39, 0.29) is 5.69 Å². The lowest BCUT2D eigenvalue weighted by molar-refractivity contribution is -0.385. The number of hydrogen-bond acceptors (Lipinski definition) is 5. The van der Waals surface area contributed by atoms with Crippen LogP contribution in [-0.4, -0.2) is 30.7 Å². The minimum absolute atomic E-state index is 0.00758. The summed E-state index contributed by atoms with van der Waals surface area (Å²) in [5, 5.41) is 17.7. The molecule has 0 amide bonds. The monoisotopic (exact) mass is 279 g/mol. The SMILES string of the molecule is CCOc1cc(NCC2CCCCN2)ccc1[N+](=O)[O-]. The van der Waals surface area contributed by atoms with E-state index in [0.717, 1.165) is 25.2 Å². The number of rotatable bonds is 6. The number of nitrogens with one attached hydrogen (secondary N) is 2. The van der Waals surface area contributed by atoms with Gasteiger partial charge in [0.2, 0.25) is 0 Å². The van der Waals surface area contributed by atoms with Gasteiger partial charge in [0.1, 0.15) is 0 Å². The van der Waals surface area contributed by atoms with Crippen molar-refractivity contribution in [2.24, 2.45) is 0 Å². The smallest absolute Gasteiger partial charge is 0.311 e. The topological polar surface area (TPSA) is 76.4 Å². The first-order valence-electron chi connectivity index (χ1n) is 7.09. The van der Waals surface area contributed by atoms with Crippen LogP contribution in [0.15, 0.2) is 18.2 Å². The van der Waals surface area contributed by atoms with Crippen molar-refractivity contribution in [1.82, 2.24) is 5.32 Å². The molecule has 2 N–H and O–H groups in total. The highest BCUT2D eigenvalue weighted by Crippen LogP contribution is 2.30. The number of nitro benzene ring substituents is 1. The van der Waals surface area contributed by atoms with E-state index in [1.54, 1.807) is 12.1 Å². The predicted octanol–water partition coefficient (Wildman–Crippen LogP) is 2.55. The molecular weight excluding hydrogens is 258 g/mol. The standard InChI is InChI=1S/C14H21N3O3/c1-2-20-14-9-11(6-7-13(14)17(18)19)16-10-12-5-3-4-8-15-12/h6-7,9,12,15-16H,2-5,8,10H2,1H3. The Labute approximate surface area is 118 Å². The van der Waals surface area contributed by atoms with Gasteiger partial charge in [0.05, 0.1) is 11.5 Å². The van der Waals surface area contributed by atoms with Crippen molar-refractivity contribution in [1.29, 1.82) is 0 Å². The van der Waals surface area contributed by atoms with Crippen LogP contribution in [0.25, 0.3) is 0 Å². The first kappa shape index (κ1) is 14.6. The van der Waals surface area contributed by atoms with E-state index < -0.39 is 4.92 Å². The molecule has 20 heavy (non-hydrogen) atoms. The molecule has 0 spiro atoms. The molecule has 2 rings (SSSR count). The summed E-state index contributed by atoms with van der Waals surface area (Å²) in [6.07, 6.45) is 3.66. The molecule has 1 aliphatic heterocycles. The zero-order valence-corrected chi connectivity index (χ0v) is 11.7. The van der Waals surface area contributed by atoms with Crippen molar-refractivity contribution >= 4 is 11.4 Å². The Balaban J connectivity index is 2.00. The van der Waals surface area contributed by atoms with Gasteiger partial charge >= 0.3 is 5.69 Å². The largest absolute Gasteiger partial charge is 0.487 e. The lowest BCUT2D eigenvalue weighted by atomic mass is 10.1. The number of nitro groups is 1. The molecule has 1 atom stereocenters. The molecule has 1 aliphatic rings. The molecule has 0 aliphatic carbocycles. The minimum atomic E-state index is -0.419. The molecule has 1 unspecified atom stereocenters. The maximum atomic E-state index is 10.9. The van der Waals surface area contributed by atoms with Gasteiger partial charge in [-0.1, -0.05) is 6.42 Å². The van der Waals surface area contributed by atoms with Crippen LogP contribution in [0.5, 0.6) is 5.75 Å². The van der Waals surface area contributed by atoms with Crippen LogP contribution in [-0.2, 0) is 0 Å². The van der Waals surface area contributed by atoms with Gasteiger partial charge in [0.25, 0.3) is 0 Å². The molecule has 6 nitrogen and oxygen atoms in total. The van der Waals surface area contributed by atoms with Crippen molar-refractivity contribution in [3.63, 3.8) is 0 Å². The van der Waals surface area contributed by atoms with Crippen molar-refractivity contribution in [2.45, 2.75) is 32.2 Å². The average Bonchev–Trinajstić information content (AvgIpc) is 2.46. The molecule has 6 heteroatoms. The molecule has 1 heterocycles. The summed E-state index contributed by atoms with van der Waals surface area (Å²) in [5.41, 5.74) is 0.861. The summed E-state index contributed by atoms with van der Waals surface area (Å²) in [6, 6.07) is 5.38. The molecular formula is C14H21N3O3. The molecule has 0 bridgehead atoms. The van der Waals surface area contributed by atoms with Crippen LogP contribution in [0.2, 0.25) is 0 Å². The third kappa shape index (κ3) is 3.84. The minimum Gasteiger partial charge on any atom is -0.487 e. The second kappa shape index (κ2) is 7.09. The highest BCUT2D eigenvalue weighted by atomic mass is 16.6. The van der Waals surface area contributed by atoms with Crippen molar-refractivity contribution in [3.05, 3.63) is 28.3 Å². The fraction of sp³-hybridized carbons (Fsp3) is 0.571. The molecule has 1 fully saturated rings. The van der Waals surface area contributed by atoms with Crippen molar-refractivity contribution < 1.29 is 9.66 Å². The Morgan fingerprint density at radius 2 is 2.35 bits per heavy atom. The van der Waals surface area contributed by atoms with Gasteiger partial charge in [-0.3, -0.25) is 10.1 Å². The zero-order chi connectivity index (χ0) is 14.4. The number of anilines is 1. The number of ether oxygens (including phenoxy) is 1. The van der Waals surface area contributed by atoms with Gasteiger partial charge in [-0.15, -0.1) is 0 Å². The maximum Gasteiger partial charge on any atom is 0.311 e. The molecule has 1 aromatic rings. The van der Waals surface area contributed by atoms with E-state index in [1.165, 1.54) is 18.9 Å². The fourth-order valence-electron chi connectivity index (χ4n) is 2.39. The van der Waals surface area contributed by atoms with Gasteiger partial charge in [-0.25, -0.2) is 0 Å². The molecule has 110 valence electrons. The molecule has 1 saturated heterocycles. The summed E-state index contributed by atoms with van der Waals surface area (Å²) in [4.78, 5) is 10.5. The Morgan fingerprint density at radius 3 is 3.00 bits per heavy atom. The Hall–Kier alpha value is -1.82. The molecule has 1 aromatic carbocycles.